The lowest BCUT2D eigenvalue weighted by Gasteiger charge is -2.12. The molecule has 32 heavy (non-hydrogen) atoms. The molecule has 0 N–H and O–H groups in total. The first-order valence-corrected chi connectivity index (χ1v) is 11.0. The van der Waals surface area contributed by atoms with Crippen molar-refractivity contribution >= 4 is 46.6 Å². The van der Waals surface area contributed by atoms with E-state index in [4.69, 9.17) is 16.3 Å². The average molecular weight is 464 g/mol. The van der Waals surface area contributed by atoms with Gasteiger partial charge in [0.1, 0.15) is 5.75 Å². The minimum Gasteiger partial charge on any atom is -0.422 e. The maximum Gasteiger partial charge on any atom is 0.343 e. The number of para-hydroxylation sites is 1. The molecule has 3 aromatic carbocycles. The molecular formula is C25H18ClNO4S. The summed E-state index contributed by atoms with van der Waals surface area (Å²) in [5, 5.41) is 0.181. The molecule has 2 amide bonds. The van der Waals surface area contributed by atoms with E-state index in [1.165, 1.54) is 4.90 Å². The van der Waals surface area contributed by atoms with Gasteiger partial charge in [-0.15, -0.1) is 0 Å². The van der Waals surface area contributed by atoms with Gasteiger partial charge in [-0.3, -0.25) is 14.5 Å². The summed E-state index contributed by atoms with van der Waals surface area (Å²) >= 11 is 6.73. The van der Waals surface area contributed by atoms with Gasteiger partial charge in [0.05, 0.1) is 17.0 Å². The van der Waals surface area contributed by atoms with E-state index in [0.717, 1.165) is 22.9 Å². The molecule has 0 unspecified atom stereocenters. The second kappa shape index (κ2) is 9.42. The molecular weight excluding hydrogens is 446 g/mol. The van der Waals surface area contributed by atoms with Crippen molar-refractivity contribution in [3.63, 3.8) is 0 Å². The predicted molar refractivity (Wildman–Crippen MR) is 126 cm³/mol. The Morgan fingerprint density at radius 3 is 2.41 bits per heavy atom. The number of aryl methyl sites for hydroxylation is 1. The Kier molecular flexibility index (Phi) is 6.44. The van der Waals surface area contributed by atoms with Crippen LogP contribution in [0.3, 0.4) is 0 Å². The predicted octanol–water partition coefficient (Wildman–Crippen LogP) is 6.10. The van der Waals surface area contributed by atoms with Crippen LogP contribution in [-0.4, -0.2) is 22.0 Å². The molecule has 0 aromatic heterocycles. The van der Waals surface area contributed by atoms with Gasteiger partial charge < -0.3 is 4.74 Å². The third-order valence-corrected chi connectivity index (χ3v) is 5.98. The molecule has 5 nitrogen and oxygen atoms in total. The number of esters is 1. The smallest absolute Gasteiger partial charge is 0.343 e. The SMILES string of the molecule is Cc1ccc(CN2C(=O)S/C(=C\c3ccccc3OC(=O)c3ccc(Cl)cc3)C2=O)cc1. The van der Waals surface area contributed by atoms with Gasteiger partial charge in [0.25, 0.3) is 11.1 Å². The number of carbonyl (C=O) groups is 3. The number of rotatable bonds is 5. The van der Waals surface area contributed by atoms with Crippen LogP contribution in [0.5, 0.6) is 5.75 Å². The molecule has 0 spiro atoms. The minimum atomic E-state index is -0.546. The van der Waals surface area contributed by atoms with Crippen LogP contribution in [0, 0.1) is 6.92 Å². The molecule has 1 aliphatic heterocycles. The van der Waals surface area contributed by atoms with Gasteiger partial charge in [-0.05, 0) is 60.7 Å². The van der Waals surface area contributed by atoms with E-state index in [2.05, 4.69) is 0 Å². The number of thioether (sulfide) groups is 1. The van der Waals surface area contributed by atoms with Crippen LogP contribution in [0.2, 0.25) is 5.02 Å². The molecule has 4 rings (SSSR count). The van der Waals surface area contributed by atoms with E-state index in [0.29, 0.717) is 16.1 Å². The fraction of sp³-hybridized carbons (Fsp3) is 0.0800. The van der Waals surface area contributed by atoms with Gasteiger partial charge in [0.15, 0.2) is 0 Å². The first-order valence-electron chi connectivity index (χ1n) is 9.78. The zero-order chi connectivity index (χ0) is 22.7. The molecule has 160 valence electrons. The zero-order valence-corrected chi connectivity index (χ0v) is 18.7. The summed E-state index contributed by atoms with van der Waals surface area (Å²) < 4.78 is 5.53. The second-order valence-electron chi connectivity index (χ2n) is 7.19. The van der Waals surface area contributed by atoms with Crippen molar-refractivity contribution in [1.29, 1.82) is 0 Å². The number of imide groups is 1. The molecule has 0 bridgehead atoms. The lowest BCUT2D eigenvalue weighted by Crippen LogP contribution is -2.27. The van der Waals surface area contributed by atoms with Crippen molar-refractivity contribution in [2.75, 3.05) is 0 Å². The molecule has 1 heterocycles. The summed E-state index contributed by atoms with van der Waals surface area (Å²) in [6, 6.07) is 20.9. The molecule has 0 atom stereocenters. The summed E-state index contributed by atoms with van der Waals surface area (Å²) in [5.41, 5.74) is 2.85. The minimum absolute atomic E-state index is 0.204. The summed E-state index contributed by atoms with van der Waals surface area (Å²) in [6.07, 6.45) is 1.57. The van der Waals surface area contributed by atoms with Gasteiger partial charge in [-0.2, -0.15) is 0 Å². The van der Waals surface area contributed by atoms with E-state index in [-0.39, 0.29) is 28.3 Å². The second-order valence-corrected chi connectivity index (χ2v) is 8.62. The molecule has 1 aliphatic rings. The number of hydrogen-bond acceptors (Lipinski definition) is 5. The van der Waals surface area contributed by atoms with Crippen molar-refractivity contribution in [3.05, 3.63) is 105 Å². The van der Waals surface area contributed by atoms with Gasteiger partial charge in [-0.1, -0.05) is 59.6 Å². The van der Waals surface area contributed by atoms with Crippen LogP contribution in [0.15, 0.2) is 77.7 Å². The van der Waals surface area contributed by atoms with E-state index in [9.17, 15) is 14.4 Å². The maximum absolute atomic E-state index is 12.9. The highest BCUT2D eigenvalue weighted by molar-refractivity contribution is 8.18. The lowest BCUT2D eigenvalue weighted by molar-refractivity contribution is -0.123. The summed E-state index contributed by atoms with van der Waals surface area (Å²) in [7, 11) is 0. The third kappa shape index (κ3) is 4.93. The third-order valence-electron chi connectivity index (χ3n) is 4.82. The van der Waals surface area contributed by atoms with E-state index >= 15 is 0 Å². The topological polar surface area (TPSA) is 63.7 Å². The van der Waals surface area contributed by atoms with Crippen molar-refractivity contribution in [3.8, 4) is 5.75 Å². The van der Waals surface area contributed by atoms with Gasteiger partial charge in [0.2, 0.25) is 0 Å². The standard InChI is InChI=1S/C25H18ClNO4S/c1-16-6-8-17(9-7-16)15-27-23(28)22(32-25(27)30)14-19-4-2-3-5-21(19)31-24(29)18-10-12-20(26)13-11-18/h2-14H,15H2,1H3/b22-14-. The molecule has 0 saturated carbocycles. The number of nitrogens with zero attached hydrogens (tertiary/aromatic N) is 1. The van der Waals surface area contributed by atoms with E-state index < -0.39 is 5.97 Å². The summed E-state index contributed by atoms with van der Waals surface area (Å²) in [5.74, 6) is -0.632. The summed E-state index contributed by atoms with van der Waals surface area (Å²) in [6.45, 7) is 2.18. The van der Waals surface area contributed by atoms with Crippen molar-refractivity contribution in [2.24, 2.45) is 0 Å². The van der Waals surface area contributed by atoms with Gasteiger partial charge in [0, 0.05) is 10.6 Å². The first kappa shape index (κ1) is 21.9. The van der Waals surface area contributed by atoms with E-state index in [1.54, 1.807) is 54.6 Å². The normalized spacial score (nSPS) is 14.8. The lowest BCUT2D eigenvalue weighted by atomic mass is 10.1. The largest absolute Gasteiger partial charge is 0.422 e. The highest BCUT2D eigenvalue weighted by Crippen LogP contribution is 2.35. The van der Waals surface area contributed by atoms with E-state index in [1.807, 2.05) is 31.2 Å². The number of halogens is 1. The number of hydrogen-bond donors (Lipinski definition) is 0. The molecule has 1 fully saturated rings. The Hall–Kier alpha value is -3.35. The van der Waals surface area contributed by atoms with Crippen LogP contribution in [0.1, 0.15) is 27.0 Å². The van der Waals surface area contributed by atoms with Crippen molar-refractivity contribution in [1.82, 2.24) is 4.90 Å². The number of carbonyl (C=O) groups excluding carboxylic acids is 3. The van der Waals surface area contributed by atoms with Crippen molar-refractivity contribution in [2.45, 2.75) is 13.5 Å². The Morgan fingerprint density at radius 2 is 1.69 bits per heavy atom. The number of ether oxygens (including phenoxy) is 1. The van der Waals surface area contributed by atoms with Crippen LogP contribution in [-0.2, 0) is 11.3 Å². The quantitative estimate of drug-likeness (QED) is 0.260. The highest BCUT2D eigenvalue weighted by Gasteiger charge is 2.35. The monoisotopic (exact) mass is 463 g/mol. The van der Waals surface area contributed by atoms with Gasteiger partial charge >= 0.3 is 5.97 Å². The Bertz CT molecular complexity index is 1220. The van der Waals surface area contributed by atoms with Gasteiger partial charge in [-0.25, -0.2) is 4.79 Å². The van der Waals surface area contributed by atoms with Crippen LogP contribution >= 0.6 is 23.4 Å². The molecule has 0 radical (unpaired) electrons. The fourth-order valence-electron chi connectivity index (χ4n) is 3.09. The van der Waals surface area contributed by atoms with Crippen LogP contribution in [0.4, 0.5) is 4.79 Å². The maximum atomic E-state index is 12.9. The average Bonchev–Trinajstić information content (AvgIpc) is 3.04. The summed E-state index contributed by atoms with van der Waals surface area (Å²) in [4.78, 5) is 39.3. The molecule has 7 heteroatoms. The van der Waals surface area contributed by atoms with Crippen molar-refractivity contribution < 1.29 is 19.1 Å². The molecule has 1 saturated heterocycles. The Morgan fingerprint density at radius 1 is 1.00 bits per heavy atom. The zero-order valence-electron chi connectivity index (χ0n) is 17.1. The molecule has 0 aliphatic carbocycles. The van der Waals surface area contributed by atoms with Crippen LogP contribution < -0.4 is 4.74 Å². The number of amides is 2. The fourth-order valence-corrected chi connectivity index (χ4v) is 4.05. The molecule has 3 aromatic rings. The first-order chi connectivity index (χ1) is 15.4. The highest BCUT2D eigenvalue weighted by atomic mass is 35.5. The Labute approximate surface area is 194 Å². The Balaban J connectivity index is 1.54. The van der Waals surface area contributed by atoms with Crippen LogP contribution in [0.25, 0.3) is 6.08 Å². The number of benzene rings is 3.